The van der Waals surface area contributed by atoms with Gasteiger partial charge in [0.15, 0.2) is 0 Å². The summed E-state index contributed by atoms with van der Waals surface area (Å²) in [6.45, 7) is 5.22. The molecule has 2 heterocycles. The van der Waals surface area contributed by atoms with Crippen LogP contribution in [0, 0.1) is 5.41 Å². The van der Waals surface area contributed by atoms with Crippen molar-refractivity contribution in [3.8, 4) is 0 Å². The van der Waals surface area contributed by atoms with Crippen LogP contribution in [0.2, 0.25) is 0 Å². The Bertz CT molecular complexity index is 413. The summed E-state index contributed by atoms with van der Waals surface area (Å²) in [5.41, 5.74) is 2.74. The van der Waals surface area contributed by atoms with E-state index < -0.39 is 0 Å². The summed E-state index contributed by atoms with van der Waals surface area (Å²) in [4.78, 5) is 0. The molecule has 0 spiro atoms. The lowest BCUT2D eigenvalue weighted by atomic mass is 9.65. The van der Waals surface area contributed by atoms with E-state index in [1.54, 1.807) is 0 Å². The van der Waals surface area contributed by atoms with Gasteiger partial charge in [0.1, 0.15) is 0 Å². The highest BCUT2D eigenvalue weighted by atomic mass is 79.9. The first-order valence-corrected chi connectivity index (χ1v) is 7.06. The Hall–Kier alpha value is -0.600. The topological polar surface area (TPSA) is 9.23 Å². The highest BCUT2D eigenvalue weighted by molar-refractivity contribution is 9.10. The maximum Gasteiger partial charge on any atom is 0.0576 e. The summed E-state index contributed by atoms with van der Waals surface area (Å²) < 4.78 is 7.00. The zero-order chi connectivity index (χ0) is 11.9. The molecule has 90 valence electrons. The molecule has 2 aliphatic heterocycles. The number of hydrogen-bond acceptors (Lipinski definition) is 1. The van der Waals surface area contributed by atoms with Crippen molar-refractivity contribution in [1.82, 2.24) is 0 Å². The van der Waals surface area contributed by atoms with Gasteiger partial charge in [-0.25, -0.2) is 0 Å². The van der Waals surface area contributed by atoms with Crippen molar-refractivity contribution in [2.75, 3.05) is 6.61 Å². The molecule has 1 aromatic rings. The highest BCUT2D eigenvalue weighted by Gasteiger charge is 2.43. The van der Waals surface area contributed by atoms with Crippen LogP contribution in [0.4, 0.5) is 0 Å². The summed E-state index contributed by atoms with van der Waals surface area (Å²) in [5, 5.41) is 0. The van der Waals surface area contributed by atoms with Gasteiger partial charge < -0.3 is 4.74 Å². The van der Waals surface area contributed by atoms with Crippen molar-refractivity contribution < 1.29 is 4.74 Å². The molecule has 1 aliphatic carbocycles. The van der Waals surface area contributed by atoms with Gasteiger partial charge in [-0.3, -0.25) is 0 Å². The molecular formula is C15H17BrO. The molecule has 0 atom stereocenters. The molecule has 2 bridgehead atoms. The van der Waals surface area contributed by atoms with Gasteiger partial charge in [-0.15, -0.1) is 0 Å². The van der Waals surface area contributed by atoms with Crippen LogP contribution in [0.1, 0.15) is 31.2 Å². The van der Waals surface area contributed by atoms with Crippen LogP contribution in [0.25, 0.3) is 5.57 Å². The molecule has 0 amide bonds. The molecule has 2 saturated heterocycles. The maximum atomic E-state index is 5.88. The average Bonchev–Trinajstić information content (AvgIpc) is 2.41. The fourth-order valence-electron chi connectivity index (χ4n) is 3.08. The fourth-order valence-corrected chi connectivity index (χ4v) is 3.34. The zero-order valence-corrected chi connectivity index (χ0v) is 11.5. The maximum absolute atomic E-state index is 5.88. The largest absolute Gasteiger partial charge is 0.377 e. The molecule has 17 heavy (non-hydrogen) atoms. The lowest BCUT2D eigenvalue weighted by molar-refractivity contribution is -0.0889. The molecule has 0 unspecified atom stereocenters. The van der Waals surface area contributed by atoms with Crippen molar-refractivity contribution >= 4 is 21.5 Å². The first-order chi connectivity index (χ1) is 8.20. The molecule has 1 nitrogen and oxygen atoms in total. The van der Waals surface area contributed by atoms with Crippen molar-refractivity contribution in [1.29, 1.82) is 0 Å². The van der Waals surface area contributed by atoms with Gasteiger partial charge in [0.05, 0.1) is 12.7 Å². The number of rotatable bonds is 2. The summed E-state index contributed by atoms with van der Waals surface area (Å²) in [6, 6.07) is 8.49. The molecule has 3 fully saturated rings. The second-order valence-corrected chi connectivity index (χ2v) is 6.19. The predicted octanol–water partition coefficient (Wildman–Crippen LogP) is 4.42. The summed E-state index contributed by atoms with van der Waals surface area (Å²) in [5.74, 6) is 0. The van der Waals surface area contributed by atoms with Crippen molar-refractivity contribution in [2.24, 2.45) is 5.41 Å². The third kappa shape index (κ3) is 1.98. The molecule has 1 saturated carbocycles. The minimum absolute atomic E-state index is 0.211. The van der Waals surface area contributed by atoms with Crippen LogP contribution >= 0.6 is 15.9 Å². The number of benzene rings is 1. The second-order valence-electron chi connectivity index (χ2n) is 5.28. The van der Waals surface area contributed by atoms with E-state index in [9.17, 15) is 0 Å². The standard InChI is InChI=1S/C15H17BrO/c1-11(12-2-4-13(16)5-3-12)15-8-6-14(7-9-15)17-10-15/h2-5,14H,1,6-10H2. The zero-order valence-electron chi connectivity index (χ0n) is 9.92. The molecule has 0 radical (unpaired) electrons. The van der Waals surface area contributed by atoms with E-state index in [1.807, 2.05) is 0 Å². The van der Waals surface area contributed by atoms with Crippen molar-refractivity contribution in [3.63, 3.8) is 0 Å². The third-order valence-corrected chi connectivity index (χ3v) is 4.85. The van der Waals surface area contributed by atoms with Crippen LogP contribution < -0.4 is 0 Å². The van der Waals surface area contributed by atoms with Gasteiger partial charge in [0.2, 0.25) is 0 Å². The molecule has 4 rings (SSSR count). The summed E-state index contributed by atoms with van der Waals surface area (Å²) in [6.07, 6.45) is 5.42. The Morgan fingerprint density at radius 2 is 1.88 bits per heavy atom. The smallest absolute Gasteiger partial charge is 0.0576 e. The quantitative estimate of drug-likeness (QED) is 0.784. The van der Waals surface area contributed by atoms with Crippen LogP contribution in [0.5, 0.6) is 0 Å². The van der Waals surface area contributed by atoms with Crippen LogP contribution in [0.15, 0.2) is 35.3 Å². The second kappa shape index (κ2) is 4.25. The first-order valence-electron chi connectivity index (χ1n) is 6.27. The van der Waals surface area contributed by atoms with E-state index in [0.717, 1.165) is 11.1 Å². The fraction of sp³-hybridized carbons (Fsp3) is 0.467. The summed E-state index contributed by atoms with van der Waals surface area (Å²) in [7, 11) is 0. The Kier molecular flexibility index (Phi) is 2.87. The van der Waals surface area contributed by atoms with Gasteiger partial charge in [-0.2, -0.15) is 0 Å². The lowest BCUT2D eigenvalue weighted by Gasteiger charge is -2.47. The van der Waals surface area contributed by atoms with E-state index in [0.29, 0.717) is 6.10 Å². The number of hydrogen-bond donors (Lipinski definition) is 0. The third-order valence-electron chi connectivity index (χ3n) is 4.32. The monoisotopic (exact) mass is 292 g/mol. The highest BCUT2D eigenvalue weighted by Crippen LogP contribution is 2.50. The molecule has 3 aliphatic rings. The van der Waals surface area contributed by atoms with Gasteiger partial charge in [-0.05, 0) is 49.0 Å². The van der Waals surface area contributed by atoms with Gasteiger partial charge in [0, 0.05) is 9.89 Å². The van der Waals surface area contributed by atoms with Crippen LogP contribution in [-0.2, 0) is 4.74 Å². The van der Waals surface area contributed by atoms with Crippen molar-refractivity contribution in [3.05, 3.63) is 40.9 Å². The minimum Gasteiger partial charge on any atom is -0.377 e. The number of fused-ring (bicyclic) bond motifs is 3. The first kappa shape index (κ1) is 11.5. The molecular weight excluding hydrogens is 276 g/mol. The lowest BCUT2D eigenvalue weighted by Crippen LogP contribution is -2.42. The normalized spacial score (nSPS) is 31.5. The molecule has 0 aromatic heterocycles. The van der Waals surface area contributed by atoms with Crippen LogP contribution in [-0.4, -0.2) is 12.7 Å². The Morgan fingerprint density at radius 1 is 1.24 bits per heavy atom. The predicted molar refractivity (Wildman–Crippen MR) is 73.8 cm³/mol. The molecule has 0 N–H and O–H groups in total. The summed E-state index contributed by atoms with van der Waals surface area (Å²) >= 11 is 3.47. The van der Waals surface area contributed by atoms with E-state index in [2.05, 4.69) is 46.8 Å². The average molecular weight is 293 g/mol. The number of ether oxygens (including phenoxy) is 1. The van der Waals surface area contributed by atoms with E-state index in [1.165, 1.54) is 36.8 Å². The van der Waals surface area contributed by atoms with Crippen molar-refractivity contribution in [2.45, 2.75) is 31.8 Å². The van der Waals surface area contributed by atoms with Crippen LogP contribution in [0.3, 0.4) is 0 Å². The van der Waals surface area contributed by atoms with E-state index in [-0.39, 0.29) is 5.41 Å². The Morgan fingerprint density at radius 3 is 2.41 bits per heavy atom. The van der Waals surface area contributed by atoms with E-state index in [4.69, 9.17) is 4.74 Å². The van der Waals surface area contributed by atoms with Gasteiger partial charge in [-0.1, -0.05) is 34.6 Å². The molecule has 2 heteroatoms. The SMILES string of the molecule is C=C(c1ccc(Br)cc1)C12CCC(CC1)OC2. The molecule has 1 aromatic carbocycles. The van der Waals surface area contributed by atoms with E-state index >= 15 is 0 Å². The minimum atomic E-state index is 0.211. The van der Waals surface area contributed by atoms with Gasteiger partial charge >= 0.3 is 0 Å². The number of halogens is 1. The Labute approximate surface area is 111 Å². The van der Waals surface area contributed by atoms with Gasteiger partial charge in [0.25, 0.3) is 0 Å². The Balaban J connectivity index is 1.88.